The van der Waals surface area contributed by atoms with Crippen molar-refractivity contribution in [1.29, 1.82) is 0 Å². The van der Waals surface area contributed by atoms with Crippen LogP contribution in [0.3, 0.4) is 0 Å². The number of aryl methyl sites for hydroxylation is 1. The van der Waals surface area contributed by atoms with Crippen molar-refractivity contribution in [3.05, 3.63) is 18.0 Å². The van der Waals surface area contributed by atoms with E-state index in [-0.39, 0.29) is 0 Å². The molecule has 0 aliphatic carbocycles. The quantitative estimate of drug-likeness (QED) is 0.803. The number of rotatable bonds is 3. The van der Waals surface area contributed by atoms with Gasteiger partial charge in [0.1, 0.15) is 5.60 Å². The van der Waals surface area contributed by atoms with Gasteiger partial charge in [-0.3, -0.25) is 0 Å². The van der Waals surface area contributed by atoms with Gasteiger partial charge in [0.2, 0.25) is 0 Å². The molecule has 0 aromatic carbocycles. The van der Waals surface area contributed by atoms with E-state index in [9.17, 15) is 4.79 Å². The first-order valence-electron chi connectivity index (χ1n) is 5.25. The molecule has 0 aliphatic rings. The third-order valence-corrected chi connectivity index (χ3v) is 2.38. The Labute approximate surface area is 104 Å². The molecule has 0 N–H and O–H groups in total. The van der Waals surface area contributed by atoms with E-state index in [2.05, 4.69) is 21.0 Å². The Morgan fingerprint density at radius 3 is 2.81 bits per heavy atom. The second kappa shape index (κ2) is 5.48. The summed E-state index contributed by atoms with van der Waals surface area (Å²) in [4.78, 5) is 11.6. The molecule has 1 aromatic heterocycles. The Bertz CT molecular complexity index is 355. The molecular formula is C11H17BrN2O2. The lowest BCUT2D eigenvalue weighted by atomic mass is 10.2. The molecule has 0 atom stereocenters. The molecule has 0 unspecified atom stereocenters. The van der Waals surface area contributed by atoms with E-state index in [1.165, 1.54) is 4.68 Å². The Kier molecular flexibility index (Phi) is 4.53. The first kappa shape index (κ1) is 13.2. The lowest BCUT2D eigenvalue weighted by Gasteiger charge is -2.18. The SMILES string of the molecule is CC(C)(C)OC(=O)n1cc(CCCBr)cn1. The molecule has 0 fully saturated rings. The van der Waals surface area contributed by atoms with Crippen LogP contribution in [0.5, 0.6) is 0 Å². The van der Waals surface area contributed by atoms with Crippen molar-refractivity contribution in [2.24, 2.45) is 0 Å². The van der Waals surface area contributed by atoms with Gasteiger partial charge in [0.05, 0.1) is 6.20 Å². The Hall–Kier alpha value is -0.840. The summed E-state index contributed by atoms with van der Waals surface area (Å²) in [5.74, 6) is 0. The van der Waals surface area contributed by atoms with E-state index in [4.69, 9.17) is 4.74 Å². The predicted octanol–water partition coefficient (Wildman–Crippen LogP) is 2.99. The maximum absolute atomic E-state index is 11.6. The van der Waals surface area contributed by atoms with Gasteiger partial charge in [-0.15, -0.1) is 0 Å². The van der Waals surface area contributed by atoms with E-state index < -0.39 is 11.7 Å². The largest absolute Gasteiger partial charge is 0.442 e. The van der Waals surface area contributed by atoms with Gasteiger partial charge in [-0.2, -0.15) is 9.78 Å². The number of carbonyl (C=O) groups excluding carboxylic acids is 1. The first-order chi connectivity index (χ1) is 7.42. The average molecular weight is 289 g/mol. The van der Waals surface area contributed by atoms with Gasteiger partial charge in [0, 0.05) is 11.5 Å². The maximum Gasteiger partial charge on any atom is 0.435 e. The number of carbonyl (C=O) groups is 1. The molecule has 0 radical (unpaired) electrons. The Morgan fingerprint density at radius 1 is 1.56 bits per heavy atom. The van der Waals surface area contributed by atoms with Gasteiger partial charge in [-0.25, -0.2) is 4.79 Å². The summed E-state index contributed by atoms with van der Waals surface area (Å²) < 4.78 is 6.44. The number of alkyl halides is 1. The van der Waals surface area contributed by atoms with E-state index >= 15 is 0 Å². The summed E-state index contributed by atoms with van der Waals surface area (Å²) in [7, 11) is 0. The average Bonchev–Trinajstić information content (AvgIpc) is 2.60. The summed E-state index contributed by atoms with van der Waals surface area (Å²) in [6.45, 7) is 5.50. The molecule has 0 spiro atoms. The van der Waals surface area contributed by atoms with Gasteiger partial charge in [-0.1, -0.05) is 15.9 Å². The molecule has 1 heterocycles. The van der Waals surface area contributed by atoms with Crippen LogP contribution in [0.2, 0.25) is 0 Å². The Morgan fingerprint density at radius 2 is 2.25 bits per heavy atom. The zero-order chi connectivity index (χ0) is 12.2. The molecule has 0 aliphatic heterocycles. The van der Waals surface area contributed by atoms with Crippen LogP contribution in [0.15, 0.2) is 12.4 Å². The molecule has 4 nitrogen and oxygen atoms in total. The van der Waals surface area contributed by atoms with Gasteiger partial charge in [0.15, 0.2) is 0 Å². The fraction of sp³-hybridized carbons (Fsp3) is 0.636. The summed E-state index contributed by atoms with van der Waals surface area (Å²) in [5, 5.41) is 4.93. The molecule has 0 amide bonds. The van der Waals surface area contributed by atoms with Crippen LogP contribution in [-0.4, -0.2) is 26.8 Å². The third kappa shape index (κ3) is 4.35. The van der Waals surface area contributed by atoms with Crippen LogP contribution >= 0.6 is 15.9 Å². The van der Waals surface area contributed by atoms with E-state index in [0.717, 1.165) is 23.7 Å². The van der Waals surface area contributed by atoms with Crippen molar-refractivity contribution in [2.75, 3.05) is 5.33 Å². The fourth-order valence-corrected chi connectivity index (χ4v) is 1.45. The van der Waals surface area contributed by atoms with E-state index in [1.54, 1.807) is 12.4 Å². The highest BCUT2D eigenvalue weighted by Gasteiger charge is 2.18. The van der Waals surface area contributed by atoms with Crippen LogP contribution < -0.4 is 0 Å². The number of ether oxygens (including phenoxy) is 1. The topological polar surface area (TPSA) is 44.1 Å². The van der Waals surface area contributed by atoms with Gasteiger partial charge >= 0.3 is 6.09 Å². The number of nitrogens with zero attached hydrogens (tertiary/aromatic N) is 2. The van der Waals surface area contributed by atoms with Crippen LogP contribution in [0.25, 0.3) is 0 Å². The van der Waals surface area contributed by atoms with Gasteiger partial charge in [-0.05, 0) is 39.2 Å². The zero-order valence-corrected chi connectivity index (χ0v) is 11.5. The smallest absolute Gasteiger partial charge is 0.435 e. The summed E-state index contributed by atoms with van der Waals surface area (Å²) >= 11 is 3.36. The van der Waals surface area contributed by atoms with Crippen molar-refractivity contribution < 1.29 is 9.53 Å². The second-order valence-corrected chi connectivity index (χ2v) is 5.36. The highest BCUT2D eigenvalue weighted by atomic mass is 79.9. The predicted molar refractivity (Wildman–Crippen MR) is 66.0 cm³/mol. The third-order valence-electron chi connectivity index (χ3n) is 1.82. The highest BCUT2D eigenvalue weighted by Crippen LogP contribution is 2.09. The van der Waals surface area contributed by atoms with Crippen molar-refractivity contribution in [2.45, 2.75) is 39.2 Å². The van der Waals surface area contributed by atoms with E-state index in [1.807, 2.05) is 20.8 Å². The Balaban J connectivity index is 2.60. The monoisotopic (exact) mass is 288 g/mol. The van der Waals surface area contributed by atoms with Crippen LogP contribution in [-0.2, 0) is 11.2 Å². The van der Waals surface area contributed by atoms with Crippen molar-refractivity contribution in [3.63, 3.8) is 0 Å². The fourth-order valence-electron chi connectivity index (χ4n) is 1.17. The summed E-state index contributed by atoms with van der Waals surface area (Å²) in [5.41, 5.74) is 0.560. The number of halogens is 1. The summed E-state index contributed by atoms with van der Waals surface area (Å²) in [6.07, 6.45) is 4.93. The molecule has 90 valence electrons. The van der Waals surface area contributed by atoms with Crippen molar-refractivity contribution in [1.82, 2.24) is 9.78 Å². The van der Waals surface area contributed by atoms with Crippen LogP contribution in [0.1, 0.15) is 32.8 Å². The normalized spacial score (nSPS) is 11.5. The molecule has 16 heavy (non-hydrogen) atoms. The minimum absolute atomic E-state index is 0.433. The summed E-state index contributed by atoms with van der Waals surface area (Å²) in [6, 6.07) is 0. The van der Waals surface area contributed by atoms with Crippen molar-refractivity contribution >= 4 is 22.0 Å². The van der Waals surface area contributed by atoms with Gasteiger partial charge < -0.3 is 4.74 Å². The minimum Gasteiger partial charge on any atom is -0.442 e. The number of hydrogen-bond acceptors (Lipinski definition) is 3. The highest BCUT2D eigenvalue weighted by molar-refractivity contribution is 9.09. The lowest BCUT2D eigenvalue weighted by molar-refractivity contribution is 0.0514. The molecular weight excluding hydrogens is 272 g/mol. The number of hydrogen-bond donors (Lipinski definition) is 0. The molecule has 0 saturated heterocycles. The number of aromatic nitrogens is 2. The molecule has 1 aromatic rings. The standard InChI is InChI=1S/C11H17BrN2O2/c1-11(2,3)16-10(15)14-8-9(7-13-14)5-4-6-12/h7-8H,4-6H2,1-3H3. The molecule has 5 heteroatoms. The van der Waals surface area contributed by atoms with E-state index in [0.29, 0.717) is 0 Å². The van der Waals surface area contributed by atoms with Crippen molar-refractivity contribution in [3.8, 4) is 0 Å². The molecule has 0 saturated carbocycles. The maximum atomic E-state index is 11.6. The zero-order valence-electron chi connectivity index (χ0n) is 9.86. The minimum atomic E-state index is -0.487. The van der Waals surface area contributed by atoms with Crippen LogP contribution in [0, 0.1) is 0 Å². The van der Waals surface area contributed by atoms with Gasteiger partial charge in [0.25, 0.3) is 0 Å². The van der Waals surface area contributed by atoms with Crippen LogP contribution in [0.4, 0.5) is 4.79 Å². The lowest BCUT2D eigenvalue weighted by Crippen LogP contribution is -2.27. The molecule has 1 rings (SSSR count). The second-order valence-electron chi connectivity index (χ2n) is 4.57. The first-order valence-corrected chi connectivity index (χ1v) is 6.37. The molecule has 0 bridgehead atoms.